The molecule has 4 amide bonds. The van der Waals surface area contributed by atoms with Gasteiger partial charge in [0.2, 0.25) is 17.7 Å². The Morgan fingerprint density at radius 2 is 1.82 bits per heavy atom. The summed E-state index contributed by atoms with van der Waals surface area (Å²) in [6, 6.07) is 2.95. The summed E-state index contributed by atoms with van der Waals surface area (Å²) >= 11 is 0. The maximum atomic E-state index is 13.9. The Hall–Kier alpha value is -3.83. The maximum absolute atomic E-state index is 13.9. The lowest BCUT2D eigenvalue weighted by atomic mass is 9.87. The fourth-order valence-electron chi connectivity index (χ4n) is 3.97. The number of hydrogen-bond donors (Lipinski definition) is 4. The van der Waals surface area contributed by atoms with Crippen LogP contribution < -0.4 is 16.4 Å². The summed E-state index contributed by atoms with van der Waals surface area (Å²) in [5.41, 5.74) is 4.67. The highest BCUT2D eigenvalue weighted by atomic mass is 16.6. The number of carbonyl (C=O) groups excluding carboxylic acids is 5. The largest absolute Gasteiger partial charge is 0.508 e. The molecule has 12 heteroatoms. The molecule has 0 heterocycles. The lowest BCUT2D eigenvalue weighted by Gasteiger charge is -2.43. The number of phenolic OH excluding ortho intramolecular Hbond substituents is 1. The number of phenols is 1. The van der Waals surface area contributed by atoms with E-state index in [-0.39, 0.29) is 30.9 Å². The molecule has 1 aromatic rings. The quantitative estimate of drug-likeness (QED) is 0.292. The summed E-state index contributed by atoms with van der Waals surface area (Å²) < 4.78 is 10.1. The van der Waals surface area contributed by atoms with Crippen LogP contribution in [0.2, 0.25) is 0 Å². The number of rotatable bonds is 12. The predicted octanol–water partition coefficient (Wildman–Crippen LogP) is 1.65. The summed E-state index contributed by atoms with van der Waals surface area (Å²) in [5.74, 6) is -2.94. The van der Waals surface area contributed by atoms with E-state index in [1.54, 1.807) is 39.8 Å². The zero-order chi connectivity index (χ0) is 28.5. The molecule has 12 nitrogen and oxygen atoms in total. The number of primary amides is 1. The van der Waals surface area contributed by atoms with Gasteiger partial charge in [-0.3, -0.25) is 19.2 Å². The lowest BCUT2D eigenvalue weighted by molar-refractivity contribution is -0.148. The molecule has 2 unspecified atom stereocenters. The second-order valence-electron chi connectivity index (χ2n) is 10.0. The van der Waals surface area contributed by atoms with Gasteiger partial charge in [-0.05, 0) is 53.0 Å². The zero-order valence-corrected chi connectivity index (χ0v) is 22.3. The van der Waals surface area contributed by atoms with Gasteiger partial charge >= 0.3 is 12.1 Å². The van der Waals surface area contributed by atoms with Crippen molar-refractivity contribution in [3.63, 3.8) is 0 Å². The van der Waals surface area contributed by atoms with Crippen molar-refractivity contribution in [3.8, 4) is 5.75 Å². The predicted molar refractivity (Wildman–Crippen MR) is 137 cm³/mol. The molecule has 1 aliphatic carbocycles. The fraction of sp³-hybridized carbons (Fsp3) is 0.577. The van der Waals surface area contributed by atoms with Crippen molar-refractivity contribution in [1.82, 2.24) is 15.5 Å². The van der Waals surface area contributed by atoms with Crippen molar-refractivity contribution < 1.29 is 38.6 Å². The molecule has 0 aromatic heterocycles. The molecule has 5 N–H and O–H groups in total. The average molecular weight is 535 g/mol. The van der Waals surface area contributed by atoms with E-state index in [2.05, 4.69) is 10.6 Å². The van der Waals surface area contributed by atoms with Crippen LogP contribution in [0.4, 0.5) is 4.79 Å². The van der Waals surface area contributed by atoms with E-state index >= 15 is 0 Å². The molecule has 0 radical (unpaired) electrons. The first-order valence-corrected chi connectivity index (χ1v) is 12.6. The van der Waals surface area contributed by atoms with Gasteiger partial charge in [0, 0.05) is 18.2 Å². The van der Waals surface area contributed by atoms with E-state index in [0.29, 0.717) is 12.8 Å². The highest BCUT2D eigenvalue weighted by molar-refractivity contribution is 5.95. The topological polar surface area (TPSA) is 177 Å². The SMILES string of the molecule is CCOC(=O)CCNC(=O)C(c1ccccc1O)N(C(=O)C(CC(N)=O)NC(=O)OC(C)(C)C)C1CCC1. The molecule has 210 valence electrons. The monoisotopic (exact) mass is 534 g/mol. The van der Waals surface area contributed by atoms with Gasteiger partial charge in [0.05, 0.1) is 19.4 Å². The number of hydrogen-bond acceptors (Lipinski definition) is 8. The fourth-order valence-corrected chi connectivity index (χ4v) is 3.97. The van der Waals surface area contributed by atoms with Crippen molar-refractivity contribution in [2.75, 3.05) is 13.2 Å². The Morgan fingerprint density at radius 1 is 1.16 bits per heavy atom. The highest BCUT2D eigenvalue weighted by Gasteiger charge is 2.43. The second-order valence-corrected chi connectivity index (χ2v) is 10.0. The number of nitrogens with zero attached hydrogens (tertiary/aromatic N) is 1. The Morgan fingerprint density at radius 3 is 2.34 bits per heavy atom. The third kappa shape index (κ3) is 8.93. The smallest absolute Gasteiger partial charge is 0.408 e. The van der Waals surface area contributed by atoms with Crippen molar-refractivity contribution in [1.29, 1.82) is 0 Å². The number of para-hydroxylation sites is 1. The molecular formula is C26H38N4O8. The van der Waals surface area contributed by atoms with Gasteiger partial charge in [-0.15, -0.1) is 0 Å². The van der Waals surface area contributed by atoms with Gasteiger partial charge in [0.25, 0.3) is 0 Å². The molecule has 2 rings (SSSR count). The molecule has 1 aliphatic rings. The van der Waals surface area contributed by atoms with Gasteiger partial charge in [-0.2, -0.15) is 0 Å². The van der Waals surface area contributed by atoms with E-state index in [1.807, 2.05) is 0 Å². The van der Waals surface area contributed by atoms with E-state index in [4.69, 9.17) is 15.2 Å². The van der Waals surface area contributed by atoms with Gasteiger partial charge in [-0.25, -0.2) is 4.79 Å². The first-order chi connectivity index (χ1) is 17.8. The molecule has 0 bridgehead atoms. The molecule has 2 atom stereocenters. The Balaban J connectivity index is 2.43. The number of alkyl carbamates (subject to hydrolysis) is 1. The molecule has 1 saturated carbocycles. The first kappa shape index (κ1) is 30.4. The number of carbonyl (C=O) groups is 5. The van der Waals surface area contributed by atoms with Crippen LogP contribution in [0, 0.1) is 0 Å². The van der Waals surface area contributed by atoms with Crippen molar-refractivity contribution >= 4 is 29.8 Å². The third-order valence-corrected chi connectivity index (χ3v) is 5.81. The van der Waals surface area contributed by atoms with Crippen LogP contribution in [0.15, 0.2) is 24.3 Å². The minimum atomic E-state index is -1.41. The van der Waals surface area contributed by atoms with Crippen LogP contribution >= 0.6 is 0 Å². The molecule has 0 spiro atoms. The van der Waals surface area contributed by atoms with E-state index in [1.165, 1.54) is 17.0 Å². The number of nitrogens with one attached hydrogen (secondary N) is 2. The van der Waals surface area contributed by atoms with E-state index < -0.39 is 59.9 Å². The van der Waals surface area contributed by atoms with Gasteiger partial charge in [0.15, 0.2) is 0 Å². The van der Waals surface area contributed by atoms with Crippen molar-refractivity contribution in [2.45, 2.75) is 83.5 Å². The number of esters is 1. The number of nitrogens with two attached hydrogens (primary N) is 1. The van der Waals surface area contributed by atoms with E-state index in [9.17, 15) is 29.1 Å². The zero-order valence-electron chi connectivity index (χ0n) is 22.3. The molecule has 0 saturated heterocycles. The van der Waals surface area contributed by atoms with Crippen LogP contribution in [0.1, 0.15) is 71.4 Å². The van der Waals surface area contributed by atoms with Crippen LogP contribution in [-0.4, -0.2) is 70.6 Å². The van der Waals surface area contributed by atoms with Crippen LogP contribution in [0.25, 0.3) is 0 Å². The molecule has 1 aromatic carbocycles. The van der Waals surface area contributed by atoms with Crippen LogP contribution in [0.3, 0.4) is 0 Å². The van der Waals surface area contributed by atoms with Gasteiger partial charge in [0.1, 0.15) is 23.4 Å². The van der Waals surface area contributed by atoms with E-state index in [0.717, 1.165) is 6.42 Å². The molecule has 1 fully saturated rings. The number of aromatic hydroxyl groups is 1. The Bertz CT molecular complexity index is 1020. The summed E-state index contributed by atoms with van der Waals surface area (Å²) in [5, 5.41) is 15.7. The third-order valence-electron chi connectivity index (χ3n) is 5.81. The van der Waals surface area contributed by atoms with Gasteiger partial charge in [-0.1, -0.05) is 18.2 Å². The number of amides is 4. The molecule has 38 heavy (non-hydrogen) atoms. The Kier molecular flexibility index (Phi) is 10.9. The van der Waals surface area contributed by atoms with Crippen LogP contribution in [0.5, 0.6) is 5.75 Å². The maximum Gasteiger partial charge on any atom is 0.408 e. The lowest BCUT2D eigenvalue weighted by Crippen LogP contribution is -2.58. The van der Waals surface area contributed by atoms with Gasteiger partial charge < -0.3 is 35.8 Å². The Labute approximate surface area is 222 Å². The van der Waals surface area contributed by atoms with Crippen LogP contribution in [-0.2, 0) is 28.7 Å². The summed E-state index contributed by atoms with van der Waals surface area (Å²) in [6.45, 7) is 6.74. The normalized spacial score (nSPS) is 14.8. The summed E-state index contributed by atoms with van der Waals surface area (Å²) in [6.07, 6.45) is 0.396. The summed E-state index contributed by atoms with van der Waals surface area (Å²) in [4.78, 5) is 64.8. The summed E-state index contributed by atoms with van der Waals surface area (Å²) in [7, 11) is 0. The van der Waals surface area contributed by atoms with Crippen molar-refractivity contribution in [3.05, 3.63) is 29.8 Å². The molecular weight excluding hydrogens is 496 g/mol. The first-order valence-electron chi connectivity index (χ1n) is 12.6. The highest BCUT2D eigenvalue weighted by Crippen LogP contribution is 2.36. The standard InChI is InChI=1S/C26H38N4O8/c1-5-37-21(33)13-14-28-23(34)22(17-11-6-7-12-19(17)31)30(16-9-8-10-16)24(35)18(15-20(27)32)29-25(36)38-26(2,3)4/h6-7,11-12,16,18,22,31H,5,8-10,13-15H2,1-4H3,(H2,27,32)(H,28,34)(H,29,36). The van der Waals surface area contributed by atoms with Crippen molar-refractivity contribution in [2.24, 2.45) is 5.73 Å². The minimum absolute atomic E-state index is 0.0602. The average Bonchev–Trinajstić information content (AvgIpc) is 2.76. The minimum Gasteiger partial charge on any atom is -0.508 e. The number of benzene rings is 1. The second kappa shape index (κ2) is 13.6. The molecule has 0 aliphatic heterocycles. The number of ether oxygens (including phenoxy) is 2.